The average molecular weight is 308 g/mol. The van der Waals surface area contributed by atoms with Crippen molar-refractivity contribution < 1.29 is 4.21 Å². The van der Waals surface area contributed by atoms with Crippen molar-refractivity contribution in [2.45, 2.75) is 31.2 Å². The van der Waals surface area contributed by atoms with E-state index >= 15 is 0 Å². The highest BCUT2D eigenvalue weighted by Gasteiger charge is 2.18. The van der Waals surface area contributed by atoms with Crippen LogP contribution in [0.1, 0.15) is 20.3 Å². The van der Waals surface area contributed by atoms with Crippen LogP contribution in [0.25, 0.3) is 0 Å². The van der Waals surface area contributed by atoms with Gasteiger partial charge < -0.3 is 5.32 Å². The minimum absolute atomic E-state index is 0.241. The topological polar surface area (TPSA) is 29.1 Å². The lowest BCUT2D eigenvalue weighted by molar-refractivity contribution is 0.418. The highest BCUT2D eigenvalue weighted by Crippen LogP contribution is 2.24. The molecule has 0 fully saturated rings. The fourth-order valence-electron chi connectivity index (χ4n) is 1.69. The van der Waals surface area contributed by atoms with Gasteiger partial charge in [-0.25, -0.2) is 0 Å². The first-order chi connectivity index (χ1) is 8.49. The van der Waals surface area contributed by atoms with E-state index < -0.39 is 10.8 Å². The van der Waals surface area contributed by atoms with Crippen LogP contribution >= 0.6 is 23.2 Å². The molecule has 3 unspecified atom stereocenters. The van der Waals surface area contributed by atoms with Gasteiger partial charge >= 0.3 is 0 Å². The third-order valence-electron chi connectivity index (χ3n) is 3.19. The summed E-state index contributed by atoms with van der Waals surface area (Å²) in [5.74, 6) is 1.07. The molecule has 0 aliphatic rings. The summed E-state index contributed by atoms with van der Waals surface area (Å²) in [5.41, 5.74) is 0. The fourth-order valence-corrected chi connectivity index (χ4v) is 3.54. The van der Waals surface area contributed by atoms with Gasteiger partial charge in [-0.15, -0.1) is 0 Å². The van der Waals surface area contributed by atoms with Crippen LogP contribution in [0, 0.1) is 5.92 Å². The van der Waals surface area contributed by atoms with Crippen LogP contribution in [0.2, 0.25) is 10.0 Å². The second kappa shape index (κ2) is 7.49. The van der Waals surface area contributed by atoms with E-state index in [0.29, 0.717) is 21.7 Å². The number of halogens is 2. The Morgan fingerprint density at radius 3 is 2.50 bits per heavy atom. The molecule has 0 spiro atoms. The van der Waals surface area contributed by atoms with Gasteiger partial charge in [0.05, 0.1) is 20.8 Å². The van der Waals surface area contributed by atoms with Crippen molar-refractivity contribution >= 4 is 34.0 Å². The van der Waals surface area contributed by atoms with Gasteiger partial charge in [-0.3, -0.25) is 4.21 Å². The summed E-state index contributed by atoms with van der Waals surface area (Å²) < 4.78 is 12.3. The standard InChI is InChI=1S/C13H19Cl2NOS/c1-4-9(2)13(16-3)8-18(17)10-5-6-11(14)12(15)7-10/h5-7,9,13,16H,4,8H2,1-3H3. The summed E-state index contributed by atoms with van der Waals surface area (Å²) in [6.45, 7) is 4.30. The molecule has 1 rings (SSSR count). The van der Waals surface area contributed by atoms with Crippen molar-refractivity contribution in [1.82, 2.24) is 5.32 Å². The third kappa shape index (κ3) is 4.23. The monoisotopic (exact) mass is 307 g/mol. The van der Waals surface area contributed by atoms with E-state index in [1.165, 1.54) is 0 Å². The van der Waals surface area contributed by atoms with E-state index in [2.05, 4.69) is 19.2 Å². The quantitative estimate of drug-likeness (QED) is 0.867. The zero-order chi connectivity index (χ0) is 13.7. The smallest absolute Gasteiger partial charge is 0.0604 e. The van der Waals surface area contributed by atoms with Gasteiger partial charge in [-0.05, 0) is 31.2 Å². The maximum atomic E-state index is 12.3. The molecular weight excluding hydrogens is 289 g/mol. The first-order valence-corrected chi connectivity index (χ1v) is 8.07. The Morgan fingerprint density at radius 1 is 1.33 bits per heavy atom. The maximum Gasteiger partial charge on any atom is 0.0604 e. The van der Waals surface area contributed by atoms with Crippen LogP contribution in [0.3, 0.4) is 0 Å². The number of hydrogen-bond acceptors (Lipinski definition) is 2. The van der Waals surface area contributed by atoms with E-state index in [9.17, 15) is 4.21 Å². The molecule has 102 valence electrons. The Labute approximate surface area is 122 Å². The number of nitrogens with one attached hydrogen (secondary N) is 1. The minimum Gasteiger partial charge on any atom is -0.316 e. The predicted molar refractivity (Wildman–Crippen MR) is 80.0 cm³/mol. The summed E-state index contributed by atoms with van der Waals surface area (Å²) >= 11 is 11.8. The molecule has 0 aliphatic carbocycles. The predicted octanol–water partition coefficient (Wildman–Crippen LogP) is 3.74. The lowest BCUT2D eigenvalue weighted by Crippen LogP contribution is -2.36. The highest BCUT2D eigenvalue weighted by molar-refractivity contribution is 7.85. The number of benzene rings is 1. The van der Waals surface area contributed by atoms with E-state index in [0.717, 1.165) is 11.3 Å². The summed E-state index contributed by atoms with van der Waals surface area (Å²) in [6.07, 6.45) is 1.06. The lowest BCUT2D eigenvalue weighted by Gasteiger charge is -2.21. The van der Waals surface area contributed by atoms with Crippen molar-refractivity contribution in [3.63, 3.8) is 0 Å². The van der Waals surface area contributed by atoms with Gasteiger partial charge in [0, 0.05) is 16.7 Å². The molecular formula is C13H19Cl2NOS. The zero-order valence-electron chi connectivity index (χ0n) is 10.9. The van der Waals surface area contributed by atoms with Gasteiger partial charge in [0.15, 0.2) is 0 Å². The van der Waals surface area contributed by atoms with Crippen LogP contribution < -0.4 is 5.32 Å². The molecule has 1 aromatic carbocycles. The Kier molecular flexibility index (Phi) is 6.64. The Bertz CT molecular complexity index is 425. The third-order valence-corrected chi connectivity index (χ3v) is 5.37. The molecule has 0 saturated heterocycles. The fraction of sp³-hybridized carbons (Fsp3) is 0.538. The Morgan fingerprint density at radius 2 is 2.00 bits per heavy atom. The van der Waals surface area contributed by atoms with Crippen molar-refractivity contribution in [2.24, 2.45) is 5.92 Å². The molecule has 2 nitrogen and oxygen atoms in total. The van der Waals surface area contributed by atoms with Crippen molar-refractivity contribution in [3.8, 4) is 0 Å². The molecule has 0 saturated carbocycles. The van der Waals surface area contributed by atoms with Crippen molar-refractivity contribution in [3.05, 3.63) is 28.2 Å². The summed E-state index contributed by atoms with van der Waals surface area (Å²) in [7, 11) is 0.846. The largest absolute Gasteiger partial charge is 0.316 e. The van der Waals surface area contributed by atoms with E-state index in [4.69, 9.17) is 23.2 Å². The SMILES string of the molecule is CCC(C)C(CS(=O)c1ccc(Cl)c(Cl)c1)NC. The van der Waals surface area contributed by atoms with Gasteiger partial charge in [0.2, 0.25) is 0 Å². The normalized spacial score (nSPS) is 16.3. The summed E-state index contributed by atoms with van der Waals surface area (Å²) in [4.78, 5) is 0.730. The first-order valence-electron chi connectivity index (χ1n) is 6.00. The maximum absolute atomic E-state index is 12.3. The molecule has 0 radical (unpaired) electrons. The molecule has 3 atom stereocenters. The van der Waals surface area contributed by atoms with Gasteiger partial charge in [0.1, 0.15) is 0 Å². The Balaban J connectivity index is 2.77. The van der Waals surface area contributed by atoms with E-state index in [-0.39, 0.29) is 6.04 Å². The van der Waals surface area contributed by atoms with Crippen molar-refractivity contribution in [1.29, 1.82) is 0 Å². The number of hydrogen-bond donors (Lipinski definition) is 1. The molecule has 0 heterocycles. The second-order valence-electron chi connectivity index (χ2n) is 4.37. The van der Waals surface area contributed by atoms with E-state index in [1.54, 1.807) is 18.2 Å². The van der Waals surface area contributed by atoms with Crippen LogP contribution in [-0.4, -0.2) is 23.1 Å². The molecule has 0 aliphatic heterocycles. The molecule has 18 heavy (non-hydrogen) atoms. The minimum atomic E-state index is -1.06. The molecule has 0 aromatic heterocycles. The summed E-state index contributed by atoms with van der Waals surface area (Å²) in [5, 5.41) is 4.17. The average Bonchev–Trinajstić information content (AvgIpc) is 2.37. The Hall–Kier alpha value is -0.0900. The molecule has 1 N–H and O–H groups in total. The van der Waals surface area contributed by atoms with Gasteiger partial charge in [-0.2, -0.15) is 0 Å². The second-order valence-corrected chi connectivity index (χ2v) is 6.68. The molecule has 5 heteroatoms. The lowest BCUT2D eigenvalue weighted by atomic mass is 10.0. The number of rotatable bonds is 6. The first kappa shape index (κ1) is 16.0. The molecule has 0 amide bonds. The molecule has 0 bridgehead atoms. The zero-order valence-corrected chi connectivity index (χ0v) is 13.2. The van der Waals surface area contributed by atoms with Crippen molar-refractivity contribution in [2.75, 3.05) is 12.8 Å². The molecule has 1 aromatic rings. The summed E-state index contributed by atoms with van der Waals surface area (Å²) in [6, 6.07) is 5.39. The van der Waals surface area contributed by atoms with Crippen LogP contribution in [0.15, 0.2) is 23.1 Å². The highest BCUT2D eigenvalue weighted by atomic mass is 35.5. The van der Waals surface area contributed by atoms with Crippen LogP contribution in [-0.2, 0) is 10.8 Å². The van der Waals surface area contributed by atoms with E-state index in [1.807, 2.05) is 7.05 Å². The van der Waals surface area contributed by atoms with Gasteiger partial charge in [0.25, 0.3) is 0 Å². The van der Waals surface area contributed by atoms with Crippen LogP contribution in [0.4, 0.5) is 0 Å². The van der Waals surface area contributed by atoms with Gasteiger partial charge in [-0.1, -0.05) is 43.5 Å². The van der Waals surface area contributed by atoms with Crippen LogP contribution in [0.5, 0.6) is 0 Å².